The molecule has 2 rings (SSSR count). The molecule has 0 radical (unpaired) electrons. The number of aromatic carboxylic acids is 1. The number of carbonyl (C=O) groups is 2. The summed E-state index contributed by atoms with van der Waals surface area (Å²) < 4.78 is 0. The third-order valence-electron chi connectivity index (χ3n) is 2.45. The van der Waals surface area contributed by atoms with E-state index in [1.807, 2.05) is 4.90 Å². The highest BCUT2D eigenvalue weighted by Gasteiger charge is 2.19. The fraction of sp³-hybridized carbons (Fsp3) is 0.400. The van der Waals surface area contributed by atoms with E-state index in [4.69, 9.17) is 5.11 Å². The van der Waals surface area contributed by atoms with Gasteiger partial charge >= 0.3 is 5.97 Å². The maximum atomic E-state index is 11.2. The zero-order valence-electron chi connectivity index (χ0n) is 8.60. The Morgan fingerprint density at radius 2 is 2.44 bits per heavy atom. The maximum absolute atomic E-state index is 11.2. The summed E-state index contributed by atoms with van der Waals surface area (Å²) in [6.07, 6.45) is 0. The van der Waals surface area contributed by atoms with Crippen molar-refractivity contribution in [3.05, 3.63) is 21.9 Å². The first-order chi connectivity index (χ1) is 7.66. The second kappa shape index (κ2) is 4.63. The van der Waals surface area contributed by atoms with Crippen molar-refractivity contribution in [3.8, 4) is 0 Å². The number of nitrogens with one attached hydrogen (secondary N) is 1. The van der Waals surface area contributed by atoms with E-state index in [2.05, 4.69) is 5.32 Å². The van der Waals surface area contributed by atoms with Gasteiger partial charge in [0.2, 0.25) is 5.91 Å². The van der Waals surface area contributed by atoms with Crippen LogP contribution >= 0.6 is 11.3 Å². The van der Waals surface area contributed by atoms with E-state index in [0.29, 0.717) is 24.5 Å². The lowest BCUT2D eigenvalue weighted by Gasteiger charge is -2.26. The number of nitrogens with zero attached hydrogens (tertiary/aromatic N) is 1. The molecule has 0 aromatic carbocycles. The Hall–Kier alpha value is -1.40. The molecule has 1 aromatic rings. The molecule has 1 fully saturated rings. The van der Waals surface area contributed by atoms with Crippen molar-refractivity contribution in [3.63, 3.8) is 0 Å². The molecule has 0 atom stereocenters. The van der Waals surface area contributed by atoms with Crippen LogP contribution in [0, 0.1) is 0 Å². The zero-order chi connectivity index (χ0) is 11.5. The molecule has 0 unspecified atom stereocenters. The fourth-order valence-corrected chi connectivity index (χ4v) is 2.47. The van der Waals surface area contributed by atoms with Crippen LogP contribution in [0.15, 0.2) is 11.4 Å². The number of hydrogen-bond acceptors (Lipinski definition) is 4. The molecule has 1 saturated heterocycles. The topological polar surface area (TPSA) is 69.6 Å². The molecule has 0 aliphatic carbocycles. The van der Waals surface area contributed by atoms with Crippen LogP contribution in [0.5, 0.6) is 0 Å². The standard InChI is InChI=1S/C10H12N2O3S/c13-8-6-12(3-2-11-8)5-7-1-4-16-9(7)10(14)15/h1,4H,2-3,5-6H2,(H,11,13)(H,14,15). The van der Waals surface area contributed by atoms with E-state index < -0.39 is 5.97 Å². The van der Waals surface area contributed by atoms with Crippen LogP contribution in [-0.4, -0.2) is 41.5 Å². The minimum atomic E-state index is -0.897. The van der Waals surface area contributed by atoms with Gasteiger partial charge in [0, 0.05) is 19.6 Å². The Balaban J connectivity index is 2.05. The highest BCUT2D eigenvalue weighted by molar-refractivity contribution is 7.12. The first-order valence-corrected chi connectivity index (χ1v) is 5.83. The van der Waals surface area contributed by atoms with Gasteiger partial charge in [-0.3, -0.25) is 9.69 Å². The summed E-state index contributed by atoms with van der Waals surface area (Å²) in [5.41, 5.74) is 0.784. The number of piperazine rings is 1. The average Bonchev–Trinajstić information content (AvgIpc) is 2.66. The summed E-state index contributed by atoms with van der Waals surface area (Å²) in [5.74, 6) is -0.898. The van der Waals surface area contributed by atoms with Gasteiger partial charge in [-0.1, -0.05) is 0 Å². The van der Waals surface area contributed by atoms with Gasteiger partial charge in [-0.25, -0.2) is 4.79 Å². The van der Waals surface area contributed by atoms with Crippen molar-refractivity contribution >= 4 is 23.2 Å². The fourth-order valence-electron chi connectivity index (χ4n) is 1.72. The van der Waals surface area contributed by atoms with E-state index in [1.165, 1.54) is 11.3 Å². The minimum Gasteiger partial charge on any atom is -0.477 e. The minimum absolute atomic E-state index is 0.00152. The average molecular weight is 240 g/mol. The van der Waals surface area contributed by atoms with Gasteiger partial charge in [0.05, 0.1) is 6.54 Å². The number of amides is 1. The van der Waals surface area contributed by atoms with Crippen molar-refractivity contribution < 1.29 is 14.7 Å². The number of carbonyl (C=O) groups excluding carboxylic acids is 1. The molecule has 2 heterocycles. The summed E-state index contributed by atoms with van der Waals surface area (Å²) in [6.45, 7) is 2.26. The third kappa shape index (κ3) is 2.40. The first-order valence-electron chi connectivity index (χ1n) is 4.95. The van der Waals surface area contributed by atoms with Gasteiger partial charge < -0.3 is 10.4 Å². The van der Waals surface area contributed by atoms with E-state index in [9.17, 15) is 9.59 Å². The van der Waals surface area contributed by atoms with Gasteiger partial charge in [0.25, 0.3) is 0 Å². The molecule has 1 aliphatic heterocycles. The van der Waals surface area contributed by atoms with Gasteiger partial charge in [0.1, 0.15) is 4.88 Å². The molecule has 1 aliphatic rings. The summed E-state index contributed by atoms with van der Waals surface area (Å²) in [6, 6.07) is 1.81. The lowest BCUT2D eigenvalue weighted by molar-refractivity contribution is -0.124. The third-order valence-corrected chi connectivity index (χ3v) is 3.40. The van der Waals surface area contributed by atoms with E-state index in [1.54, 1.807) is 11.4 Å². The van der Waals surface area contributed by atoms with Crippen molar-refractivity contribution in [2.75, 3.05) is 19.6 Å². The lowest BCUT2D eigenvalue weighted by Crippen LogP contribution is -2.47. The molecule has 86 valence electrons. The first kappa shape index (κ1) is 11.1. The summed E-state index contributed by atoms with van der Waals surface area (Å²) >= 11 is 1.22. The number of rotatable bonds is 3. The smallest absolute Gasteiger partial charge is 0.346 e. The summed E-state index contributed by atoms with van der Waals surface area (Å²) in [5, 5.41) is 13.4. The van der Waals surface area contributed by atoms with Crippen molar-refractivity contribution in [1.82, 2.24) is 10.2 Å². The molecule has 16 heavy (non-hydrogen) atoms. The molecule has 0 saturated carbocycles. The Kier molecular flexibility index (Phi) is 3.21. The zero-order valence-corrected chi connectivity index (χ0v) is 9.42. The molecular formula is C10H12N2O3S. The van der Waals surface area contributed by atoms with Gasteiger partial charge in [-0.2, -0.15) is 0 Å². The Labute approximate surface area is 96.7 Å². The van der Waals surface area contributed by atoms with Crippen LogP contribution in [0.2, 0.25) is 0 Å². The molecule has 6 heteroatoms. The summed E-state index contributed by atoms with van der Waals surface area (Å²) in [7, 11) is 0. The van der Waals surface area contributed by atoms with Crippen molar-refractivity contribution in [2.24, 2.45) is 0 Å². The SMILES string of the molecule is O=C1CN(Cc2ccsc2C(=O)O)CCN1. The van der Waals surface area contributed by atoms with Gasteiger partial charge in [-0.15, -0.1) is 11.3 Å². The Bertz CT molecular complexity index is 416. The van der Waals surface area contributed by atoms with Crippen LogP contribution in [0.25, 0.3) is 0 Å². The molecule has 0 bridgehead atoms. The van der Waals surface area contributed by atoms with E-state index in [0.717, 1.165) is 12.1 Å². The number of thiophene rings is 1. The summed E-state index contributed by atoms with van der Waals surface area (Å²) in [4.78, 5) is 24.4. The molecule has 1 amide bonds. The van der Waals surface area contributed by atoms with Gasteiger partial charge in [-0.05, 0) is 17.0 Å². The van der Waals surface area contributed by atoms with Crippen molar-refractivity contribution in [1.29, 1.82) is 0 Å². The van der Waals surface area contributed by atoms with Crippen LogP contribution < -0.4 is 5.32 Å². The molecule has 2 N–H and O–H groups in total. The number of carboxylic acids is 1. The quantitative estimate of drug-likeness (QED) is 0.801. The van der Waals surface area contributed by atoms with Crippen LogP contribution in [0.1, 0.15) is 15.2 Å². The molecule has 5 nitrogen and oxygen atoms in total. The second-order valence-corrected chi connectivity index (χ2v) is 4.56. The molecule has 1 aromatic heterocycles. The molecule has 0 spiro atoms. The lowest BCUT2D eigenvalue weighted by atomic mass is 10.2. The Morgan fingerprint density at radius 3 is 3.12 bits per heavy atom. The van der Waals surface area contributed by atoms with E-state index >= 15 is 0 Å². The molecular weight excluding hydrogens is 228 g/mol. The highest BCUT2D eigenvalue weighted by Crippen LogP contribution is 2.18. The highest BCUT2D eigenvalue weighted by atomic mass is 32.1. The van der Waals surface area contributed by atoms with Crippen LogP contribution in [0.3, 0.4) is 0 Å². The van der Waals surface area contributed by atoms with Crippen molar-refractivity contribution in [2.45, 2.75) is 6.54 Å². The Morgan fingerprint density at radius 1 is 1.62 bits per heavy atom. The maximum Gasteiger partial charge on any atom is 0.346 e. The van der Waals surface area contributed by atoms with Crippen LogP contribution in [-0.2, 0) is 11.3 Å². The predicted molar refractivity (Wildman–Crippen MR) is 59.6 cm³/mol. The monoisotopic (exact) mass is 240 g/mol. The second-order valence-electron chi connectivity index (χ2n) is 3.64. The van der Waals surface area contributed by atoms with E-state index in [-0.39, 0.29) is 5.91 Å². The number of carboxylic acid groups (broad SMARTS) is 1. The normalized spacial score (nSPS) is 17.1. The van der Waals surface area contributed by atoms with Gasteiger partial charge in [0.15, 0.2) is 0 Å². The largest absolute Gasteiger partial charge is 0.477 e. The number of hydrogen-bond donors (Lipinski definition) is 2. The predicted octanol–water partition coefficient (Wildman–Crippen LogP) is 0.378. The van der Waals surface area contributed by atoms with Crippen LogP contribution in [0.4, 0.5) is 0 Å².